The molecule has 0 amide bonds. The van der Waals surface area contributed by atoms with Gasteiger partial charge in [0.15, 0.2) is 0 Å². The minimum atomic E-state index is 0.720. The van der Waals surface area contributed by atoms with Crippen LogP contribution in [0.15, 0.2) is 18.5 Å². The molecule has 0 saturated heterocycles. The van der Waals surface area contributed by atoms with E-state index in [1.54, 1.807) is 0 Å². The summed E-state index contributed by atoms with van der Waals surface area (Å²) >= 11 is 0. The Morgan fingerprint density at radius 2 is 1.76 bits per heavy atom. The van der Waals surface area contributed by atoms with Crippen molar-refractivity contribution >= 4 is 5.69 Å². The van der Waals surface area contributed by atoms with E-state index in [2.05, 4.69) is 28.2 Å². The summed E-state index contributed by atoms with van der Waals surface area (Å²) in [4.78, 5) is 6.58. The highest BCUT2D eigenvalue weighted by molar-refractivity contribution is 5.51. The van der Waals surface area contributed by atoms with Crippen LogP contribution in [0.25, 0.3) is 0 Å². The normalized spacial score (nSPS) is 10.8. The van der Waals surface area contributed by atoms with Gasteiger partial charge in [-0.1, -0.05) is 6.92 Å². The Bertz CT molecular complexity index is 364. The van der Waals surface area contributed by atoms with Crippen molar-refractivity contribution in [2.45, 2.75) is 27.3 Å². The Morgan fingerprint density at radius 3 is 2.33 bits per heavy atom. The third-order valence-corrected chi connectivity index (χ3v) is 3.21. The van der Waals surface area contributed by atoms with Crippen LogP contribution in [0.1, 0.15) is 26.3 Å². The molecule has 1 aromatic rings. The molecule has 5 nitrogen and oxygen atoms in total. The Labute approximate surface area is 128 Å². The number of rotatable bonds is 12. The van der Waals surface area contributed by atoms with Crippen LogP contribution in [0.2, 0.25) is 0 Å². The number of pyridine rings is 1. The van der Waals surface area contributed by atoms with Crippen LogP contribution >= 0.6 is 0 Å². The first-order chi connectivity index (χ1) is 10.3. The van der Waals surface area contributed by atoms with Gasteiger partial charge >= 0.3 is 0 Å². The average Bonchev–Trinajstić information content (AvgIpc) is 2.52. The zero-order valence-electron chi connectivity index (χ0n) is 13.6. The van der Waals surface area contributed by atoms with Crippen LogP contribution in [-0.4, -0.2) is 51.0 Å². The standard InChI is InChI=1S/C16H29N3O2/c1-4-17-13-15-7-8-18-14-16(15)19(9-11-20-5-2)10-12-21-6-3/h7-8,14,17H,4-6,9-13H2,1-3H3. The van der Waals surface area contributed by atoms with Gasteiger partial charge in [0.25, 0.3) is 0 Å². The van der Waals surface area contributed by atoms with Gasteiger partial charge in [0.1, 0.15) is 0 Å². The fraction of sp³-hybridized carbons (Fsp3) is 0.688. The zero-order chi connectivity index (χ0) is 15.3. The minimum Gasteiger partial charge on any atom is -0.380 e. The van der Waals surface area contributed by atoms with E-state index in [9.17, 15) is 0 Å². The van der Waals surface area contributed by atoms with Crippen molar-refractivity contribution in [1.29, 1.82) is 0 Å². The maximum atomic E-state index is 5.49. The molecular formula is C16H29N3O2. The topological polar surface area (TPSA) is 46.6 Å². The average molecular weight is 295 g/mol. The molecule has 0 atom stereocenters. The minimum absolute atomic E-state index is 0.720. The number of nitrogens with zero attached hydrogens (tertiary/aromatic N) is 2. The van der Waals surface area contributed by atoms with Crippen molar-refractivity contribution < 1.29 is 9.47 Å². The summed E-state index contributed by atoms with van der Waals surface area (Å²) in [5.41, 5.74) is 2.43. The van der Waals surface area contributed by atoms with Crippen molar-refractivity contribution in [2.75, 3.05) is 51.0 Å². The summed E-state index contributed by atoms with van der Waals surface area (Å²) in [6.45, 7) is 12.6. The molecule has 0 unspecified atom stereocenters. The van der Waals surface area contributed by atoms with E-state index in [1.165, 1.54) is 5.56 Å². The third-order valence-electron chi connectivity index (χ3n) is 3.21. The van der Waals surface area contributed by atoms with Crippen molar-refractivity contribution in [3.05, 3.63) is 24.0 Å². The number of aromatic nitrogens is 1. The molecule has 0 aliphatic carbocycles. The predicted octanol–water partition coefficient (Wildman–Crippen LogP) is 2.07. The second-order valence-corrected chi connectivity index (χ2v) is 4.67. The van der Waals surface area contributed by atoms with E-state index < -0.39 is 0 Å². The molecule has 0 aliphatic rings. The van der Waals surface area contributed by atoms with Crippen LogP contribution in [0.5, 0.6) is 0 Å². The van der Waals surface area contributed by atoms with Crippen molar-refractivity contribution in [1.82, 2.24) is 10.3 Å². The van der Waals surface area contributed by atoms with Gasteiger partial charge in [0.2, 0.25) is 0 Å². The molecule has 0 fully saturated rings. The number of ether oxygens (including phenoxy) is 2. The fourth-order valence-electron chi connectivity index (χ4n) is 2.10. The predicted molar refractivity (Wildman–Crippen MR) is 86.8 cm³/mol. The van der Waals surface area contributed by atoms with Gasteiger partial charge in [-0.05, 0) is 32.0 Å². The van der Waals surface area contributed by atoms with Crippen LogP contribution in [-0.2, 0) is 16.0 Å². The third kappa shape index (κ3) is 6.89. The van der Waals surface area contributed by atoms with Gasteiger partial charge in [-0.3, -0.25) is 4.98 Å². The SMILES string of the molecule is CCNCc1ccncc1N(CCOCC)CCOCC. The Hall–Kier alpha value is -1.17. The van der Waals surface area contributed by atoms with Crippen LogP contribution in [0, 0.1) is 0 Å². The van der Waals surface area contributed by atoms with Gasteiger partial charge in [-0.25, -0.2) is 0 Å². The first-order valence-electron chi connectivity index (χ1n) is 7.87. The summed E-state index contributed by atoms with van der Waals surface area (Å²) in [5.74, 6) is 0. The Morgan fingerprint density at radius 1 is 1.10 bits per heavy atom. The summed E-state index contributed by atoms with van der Waals surface area (Å²) in [7, 11) is 0. The quantitative estimate of drug-likeness (QED) is 0.598. The van der Waals surface area contributed by atoms with Crippen LogP contribution < -0.4 is 10.2 Å². The van der Waals surface area contributed by atoms with Gasteiger partial charge in [-0.15, -0.1) is 0 Å². The highest BCUT2D eigenvalue weighted by atomic mass is 16.5. The molecule has 0 saturated carbocycles. The van der Waals surface area contributed by atoms with Gasteiger partial charge in [0.05, 0.1) is 25.1 Å². The molecular weight excluding hydrogens is 266 g/mol. The lowest BCUT2D eigenvalue weighted by molar-refractivity contribution is 0.141. The number of anilines is 1. The van der Waals surface area contributed by atoms with E-state index in [4.69, 9.17) is 9.47 Å². The Kier molecular flexibility index (Phi) is 9.78. The molecule has 0 radical (unpaired) electrons. The molecule has 21 heavy (non-hydrogen) atoms. The summed E-state index contributed by atoms with van der Waals surface area (Å²) < 4.78 is 11.0. The van der Waals surface area contributed by atoms with E-state index in [0.29, 0.717) is 0 Å². The molecule has 1 N–H and O–H groups in total. The number of hydrogen-bond donors (Lipinski definition) is 1. The largest absolute Gasteiger partial charge is 0.380 e. The molecule has 1 aromatic heterocycles. The van der Waals surface area contributed by atoms with E-state index >= 15 is 0 Å². The van der Waals surface area contributed by atoms with Crippen LogP contribution in [0.4, 0.5) is 5.69 Å². The maximum absolute atomic E-state index is 5.49. The zero-order valence-corrected chi connectivity index (χ0v) is 13.6. The molecule has 0 aliphatic heterocycles. The molecule has 5 heteroatoms. The molecule has 0 spiro atoms. The fourth-order valence-corrected chi connectivity index (χ4v) is 2.10. The molecule has 120 valence electrons. The van der Waals surface area contributed by atoms with E-state index in [-0.39, 0.29) is 0 Å². The van der Waals surface area contributed by atoms with Crippen molar-refractivity contribution in [3.63, 3.8) is 0 Å². The molecule has 1 heterocycles. The molecule has 0 bridgehead atoms. The molecule has 1 rings (SSSR count). The van der Waals surface area contributed by atoms with Gasteiger partial charge < -0.3 is 19.7 Å². The van der Waals surface area contributed by atoms with Crippen molar-refractivity contribution in [3.8, 4) is 0 Å². The second-order valence-electron chi connectivity index (χ2n) is 4.67. The highest BCUT2D eigenvalue weighted by Crippen LogP contribution is 2.18. The lowest BCUT2D eigenvalue weighted by Crippen LogP contribution is -2.32. The van der Waals surface area contributed by atoms with Gasteiger partial charge in [-0.2, -0.15) is 0 Å². The monoisotopic (exact) mass is 295 g/mol. The summed E-state index contributed by atoms with van der Waals surface area (Å²) in [6, 6.07) is 2.08. The van der Waals surface area contributed by atoms with Crippen LogP contribution in [0.3, 0.4) is 0 Å². The van der Waals surface area contributed by atoms with Crippen molar-refractivity contribution in [2.24, 2.45) is 0 Å². The van der Waals surface area contributed by atoms with Gasteiger partial charge in [0, 0.05) is 39.0 Å². The van der Waals surface area contributed by atoms with E-state index in [0.717, 1.165) is 58.3 Å². The highest BCUT2D eigenvalue weighted by Gasteiger charge is 2.11. The smallest absolute Gasteiger partial charge is 0.0641 e. The summed E-state index contributed by atoms with van der Waals surface area (Å²) in [6.07, 6.45) is 3.78. The lowest BCUT2D eigenvalue weighted by atomic mass is 10.2. The second kappa shape index (κ2) is 11.5. The first-order valence-corrected chi connectivity index (χ1v) is 7.87. The number of nitrogens with one attached hydrogen (secondary N) is 1. The maximum Gasteiger partial charge on any atom is 0.0641 e. The summed E-state index contributed by atoms with van der Waals surface area (Å²) in [5, 5.41) is 3.38. The Balaban J connectivity index is 2.74. The van der Waals surface area contributed by atoms with E-state index in [1.807, 2.05) is 26.2 Å². The molecule has 0 aromatic carbocycles. The lowest BCUT2D eigenvalue weighted by Gasteiger charge is -2.26. The first kappa shape index (κ1) is 17.9. The number of hydrogen-bond acceptors (Lipinski definition) is 5.